The van der Waals surface area contributed by atoms with Gasteiger partial charge in [0.15, 0.2) is 21.3 Å². The number of sulfone groups is 1. The Morgan fingerprint density at radius 1 is 1.12 bits per heavy atom. The highest BCUT2D eigenvalue weighted by molar-refractivity contribution is 7.90. The van der Waals surface area contributed by atoms with Crippen molar-refractivity contribution in [2.45, 2.75) is 24.3 Å². The summed E-state index contributed by atoms with van der Waals surface area (Å²) in [4.78, 5) is 20.6. The topological polar surface area (TPSA) is 159 Å². The molecule has 0 unspecified atom stereocenters. The van der Waals surface area contributed by atoms with Gasteiger partial charge in [-0.25, -0.2) is 18.4 Å². The Labute approximate surface area is 189 Å². The van der Waals surface area contributed by atoms with Gasteiger partial charge in [-0.3, -0.25) is 4.79 Å². The van der Waals surface area contributed by atoms with Gasteiger partial charge in [0, 0.05) is 41.4 Å². The minimum Gasteiger partial charge on any atom is -0.386 e. The highest BCUT2D eigenvalue weighted by Gasteiger charge is 2.20. The standard InChI is InChI=1S/C20H23N7O4S/c1-20(2,29)12-7-8-15(23-11-12)25-16-10-13(17(27-26-16)19(28)21-3)24-18-14(32(4,30)31)6-5-9-22-18/h5-11,29H,1-4H3,(H,21,28)(H2,22,23,24,25,26)/i3D3. The lowest BCUT2D eigenvalue weighted by Crippen LogP contribution is -2.22. The van der Waals surface area contributed by atoms with Crippen LogP contribution in [0.1, 0.15) is 34.0 Å². The molecule has 11 nitrogen and oxygen atoms in total. The van der Waals surface area contributed by atoms with Crippen LogP contribution in [0.2, 0.25) is 0 Å². The summed E-state index contributed by atoms with van der Waals surface area (Å²) in [5, 5.41) is 25.2. The van der Waals surface area contributed by atoms with Crippen LogP contribution in [0.4, 0.5) is 23.1 Å². The number of pyridine rings is 2. The molecule has 0 fully saturated rings. The maximum atomic E-state index is 12.5. The third-order valence-corrected chi connectivity index (χ3v) is 5.40. The van der Waals surface area contributed by atoms with Gasteiger partial charge < -0.3 is 21.1 Å². The molecule has 12 heteroatoms. The normalized spacial score (nSPS) is 13.4. The predicted octanol–water partition coefficient (Wildman–Crippen LogP) is 1.74. The predicted molar refractivity (Wildman–Crippen MR) is 119 cm³/mol. The summed E-state index contributed by atoms with van der Waals surface area (Å²) in [6.45, 7) is 0.444. The molecule has 32 heavy (non-hydrogen) atoms. The van der Waals surface area contributed by atoms with E-state index in [0.29, 0.717) is 11.4 Å². The van der Waals surface area contributed by atoms with Gasteiger partial charge in [-0.1, -0.05) is 6.07 Å². The number of amides is 1. The number of rotatable bonds is 7. The number of hydrogen-bond donors (Lipinski definition) is 4. The van der Waals surface area contributed by atoms with Gasteiger partial charge in [-0.15, -0.1) is 10.2 Å². The maximum Gasteiger partial charge on any atom is 0.273 e. The Balaban J connectivity index is 2.01. The van der Waals surface area contributed by atoms with E-state index in [2.05, 4.69) is 30.8 Å². The fraction of sp³-hybridized carbons (Fsp3) is 0.250. The zero-order valence-corrected chi connectivity index (χ0v) is 18.2. The van der Waals surface area contributed by atoms with E-state index in [1.807, 2.05) is 5.32 Å². The fourth-order valence-corrected chi connectivity index (χ4v) is 3.43. The van der Waals surface area contributed by atoms with Crippen molar-refractivity contribution in [3.05, 3.63) is 54.0 Å². The molecule has 3 aromatic heterocycles. The van der Waals surface area contributed by atoms with Crippen LogP contribution >= 0.6 is 0 Å². The molecule has 0 radical (unpaired) electrons. The number of nitrogens with one attached hydrogen (secondary N) is 3. The number of aromatic nitrogens is 4. The van der Waals surface area contributed by atoms with Crippen molar-refractivity contribution in [2.24, 2.45) is 0 Å². The Hall–Kier alpha value is -3.64. The molecule has 1 amide bonds. The number of carbonyl (C=O) groups is 1. The van der Waals surface area contributed by atoms with Gasteiger partial charge >= 0.3 is 0 Å². The second kappa shape index (κ2) is 8.85. The van der Waals surface area contributed by atoms with E-state index in [-0.39, 0.29) is 22.2 Å². The molecule has 4 N–H and O–H groups in total. The van der Waals surface area contributed by atoms with E-state index in [0.717, 1.165) is 6.26 Å². The molecule has 168 valence electrons. The summed E-state index contributed by atoms with van der Waals surface area (Å²) < 4.78 is 46.1. The molecule has 0 bridgehead atoms. The molecule has 0 spiro atoms. The van der Waals surface area contributed by atoms with Gasteiger partial charge in [0.1, 0.15) is 16.5 Å². The van der Waals surface area contributed by atoms with Crippen LogP contribution < -0.4 is 16.0 Å². The summed E-state index contributed by atoms with van der Waals surface area (Å²) in [6, 6.07) is 7.34. The zero-order chi connectivity index (χ0) is 26.0. The van der Waals surface area contributed by atoms with Crippen molar-refractivity contribution < 1.29 is 22.4 Å². The van der Waals surface area contributed by atoms with Crippen LogP contribution in [0.25, 0.3) is 0 Å². The first-order valence-electron chi connectivity index (χ1n) is 10.7. The van der Waals surface area contributed by atoms with E-state index >= 15 is 0 Å². The highest BCUT2D eigenvalue weighted by Crippen LogP contribution is 2.27. The highest BCUT2D eigenvalue weighted by atomic mass is 32.2. The van der Waals surface area contributed by atoms with Crippen LogP contribution in [0.5, 0.6) is 0 Å². The van der Waals surface area contributed by atoms with Gasteiger partial charge in [0.25, 0.3) is 5.91 Å². The SMILES string of the molecule is [2H]C([2H])([2H])NC(=O)c1nnc(Nc2ccc(C(C)(C)O)cn2)cc1Nc1ncccc1S(C)(=O)=O. The Bertz CT molecular complexity index is 1340. The number of hydrogen-bond acceptors (Lipinski definition) is 10. The van der Waals surface area contributed by atoms with Crippen LogP contribution in [-0.2, 0) is 15.4 Å². The molecule has 0 atom stereocenters. The van der Waals surface area contributed by atoms with Crippen molar-refractivity contribution in [2.75, 3.05) is 23.9 Å². The number of carbonyl (C=O) groups excluding carboxylic acids is 1. The largest absolute Gasteiger partial charge is 0.386 e. The molecule has 0 aliphatic carbocycles. The minimum absolute atomic E-state index is 0.0547. The first-order chi connectivity index (χ1) is 16.1. The number of anilines is 4. The second-order valence-corrected chi connectivity index (χ2v) is 9.29. The summed E-state index contributed by atoms with van der Waals surface area (Å²) >= 11 is 0. The van der Waals surface area contributed by atoms with Gasteiger partial charge in [-0.2, -0.15) is 0 Å². The lowest BCUT2D eigenvalue weighted by molar-refractivity contribution is 0.0782. The third-order valence-electron chi connectivity index (χ3n) is 4.27. The summed E-state index contributed by atoms with van der Waals surface area (Å²) in [6.07, 6.45) is 3.82. The maximum absolute atomic E-state index is 12.5. The molecule has 3 heterocycles. The molecule has 0 saturated carbocycles. The van der Waals surface area contributed by atoms with Crippen molar-refractivity contribution in [3.63, 3.8) is 0 Å². The van der Waals surface area contributed by atoms with Crippen molar-refractivity contribution in [3.8, 4) is 0 Å². The first kappa shape index (κ1) is 19.1. The van der Waals surface area contributed by atoms with E-state index in [1.54, 1.807) is 26.0 Å². The van der Waals surface area contributed by atoms with E-state index in [9.17, 15) is 18.3 Å². The molecule has 0 aliphatic rings. The van der Waals surface area contributed by atoms with Crippen LogP contribution in [-0.4, -0.2) is 52.8 Å². The second-order valence-electron chi connectivity index (χ2n) is 7.31. The van der Waals surface area contributed by atoms with E-state index < -0.39 is 34.0 Å². The average Bonchev–Trinajstić information content (AvgIpc) is 2.72. The zero-order valence-electron chi connectivity index (χ0n) is 20.4. The first-order valence-corrected chi connectivity index (χ1v) is 11.1. The van der Waals surface area contributed by atoms with Crippen LogP contribution in [0, 0.1) is 0 Å². The lowest BCUT2D eigenvalue weighted by atomic mass is 10.0. The third kappa shape index (κ3) is 5.34. The summed E-state index contributed by atoms with van der Waals surface area (Å²) in [7, 11) is -3.69. The van der Waals surface area contributed by atoms with E-state index in [1.165, 1.54) is 30.6 Å². The fourth-order valence-electron chi connectivity index (χ4n) is 2.65. The Kier molecular flexibility index (Phi) is 5.27. The molecule has 0 aliphatic heterocycles. The molecule has 0 aromatic carbocycles. The molecular formula is C20H23N7O4S. The molecule has 3 aromatic rings. The number of aliphatic hydroxyl groups is 1. The monoisotopic (exact) mass is 460 g/mol. The molecular weight excluding hydrogens is 434 g/mol. The van der Waals surface area contributed by atoms with Crippen molar-refractivity contribution in [1.29, 1.82) is 0 Å². The van der Waals surface area contributed by atoms with Gasteiger partial charge in [-0.05, 0) is 32.0 Å². The minimum atomic E-state index is -3.69. The summed E-state index contributed by atoms with van der Waals surface area (Å²) in [5.41, 5.74) is -0.958. The van der Waals surface area contributed by atoms with E-state index in [4.69, 9.17) is 4.11 Å². The molecule has 3 rings (SSSR count). The Morgan fingerprint density at radius 2 is 1.91 bits per heavy atom. The molecule has 0 saturated heterocycles. The lowest BCUT2D eigenvalue weighted by Gasteiger charge is -2.17. The average molecular weight is 461 g/mol. The Morgan fingerprint density at radius 3 is 2.53 bits per heavy atom. The van der Waals surface area contributed by atoms with Crippen molar-refractivity contribution >= 4 is 38.9 Å². The quantitative estimate of drug-likeness (QED) is 0.409. The van der Waals surface area contributed by atoms with Crippen LogP contribution in [0.3, 0.4) is 0 Å². The summed E-state index contributed by atoms with van der Waals surface area (Å²) in [5.74, 6) is -0.702. The number of nitrogens with zero attached hydrogens (tertiary/aromatic N) is 4. The smallest absolute Gasteiger partial charge is 0.273 e. The van der Waals surface area contributed by atoms with Gasteiger partial charge in [0.05, 0.1) is 11.3 Å². The van der Waals surface area contributed by atoms with Crippen molar-refractivity contribution in [1.82, 2.24) is 25.5 Å². The van der Waals surface area contributed by atoms with Crippen LogP contribution in [0.15, 0.2) is 47.6 Å². The van der Waals surface area contributed by atoms with Gasteiger partial charge in [0.2, 0.25) is 0 Å².